The van der Waals surface area contributed by atoms with E-state index in [1.807, 2.05) is 23.7 Å². The van der Waals surface area contributed by atoms with Crippen molar-refractivity contribution < 1.29 is 4.74 Å². The topological polar surface area (TPSA) is 77.7 Å². The van der Waals surface area contributed by atoms with E-state index in [1.54, 1.807) is 17.2 Å². The number of hydrogen-bond acceptors (Lipinski definition) is 4. The lowest BCUT2D eigenvalue weighted by Gasteiger charge is -2.21. The van der Waals surface area contributed by atoms with Crippen LogP contribution in [-0.2, 0) is 11.8 Å². The third-order valence-electron chi connectivity index (χ3n) is 4.14. The van der Waals surface area contributed by atoms with Crippen molar-refractivity contribution >= 4 is 10.9 Å². The second-order valence-electron chi connectivity index (χ2n) is 5.57. The molecule has 3 aromatic rings. The zero-order valence-electron chi connectivity index (χ0n) is 12.3. The molecule has 1 N–H and O–H groups in total. The Hall–Kier alpha value is -2.41. The minimum absolute atomic E-state index is 0.0828. The van der Waals surface area contributed by atoms with E-state index >= 15 is 0 Å². The van der Waals surface area contributed by atoms with E-state index in [9.17, 15) is 4.79 Å². The predicted molar refractivity (Wildman–Crippen MR) is 81.4 cm³/mol. The molecule has 1 aliphatic heterocycles. The van der Waals surface area contributed by atoms with E-state index in [0.717, 1.165) is 42.6 Å². The first kappa shape index (κ1) is 13.3. The second kappa shape index (κ2) is 5.10. The van der Waals surface area contributed by atoms with E-state index in [-0.39, 0.29) is 11.8 Å². The van der Waals surface area contributed by atoms with Gasteiger partial charge in [0.15, 0.2) is 6.23 Å². The van der Waals surface area contributed by atoms with Crippen LogP contribution in [0.15, 0.2) is 29.3 Å². The largest absolute Gasteiger partial charge is 0.355 e. The minimum Gasteiger partial charge on any atom is -0.355 e. The Morgan fingerprint density at radius 2 is 2.32 bits per heavy atom. The number of nitrogens with one attached hydrogen (secondary N) is 1. The Bertz CT molecular complexity index is 870. The molecule has 0 saturated carbocycles. The van der Waals surface area contributed by atoms with Gasteiger partial charge in [0.2, 0.25) is 0 Å². The summed E-state index contributed by atoms with van der Waals surface area (Å²) in [6, 6.07) is 3.84. The maximum Gasteiger partial charge on any atom is 0.272 e. The summed E-state index contributed by atoms with van der Waals surface area (Å²) >= 11 is 0. The summed E-state index contributed by atoms with van der Waals surface area (Å²) in [5.41, 5.74) is 2.15. The Balaban J connectivity index is 1.76. The highest BCUT2D eigenvalue weighted by atomic mass is 16.5. The van der Waals surface area contributed by atoms with Gasteiger partial charge >= 0.3 is 0 Å². The van der Waals surface area contributed by atoms with E-state index in [4.69, 9.17) is 4.74 Å². The van der Waals surface area contributed by atoms with Gasteiger partial charge in [-0.25, -0.2) is 0 Å². The molecule has 22 heavy (non-hydrogen) atoms. The average molecular weight is 299 g/mol. The van der Waals surface area contributed by atoms with Gasteiger partial charge in [-0.05, 0) is 31.4 Å². The Morgan fingerprint density at radius 3 is 3.09 bits per heavy atom. The fourth-order valence-electron chi connectivity index (χ4n) is 3.00. The summed E-state index contributed by atoms with van der Waals surface area (Å²) in [5.74, 6) is 0. The first-order valence-corrected chi connectivity index (χ1v) is 7.45. The number of H-pyrrole nitrogens is 1. The highest BCUT2D eigenvalue weighted by molar-refractivity contribution is 5.85. The van der Waals surface area contributed by atoms with Gasteiger partial charge in [0.05, 0.1) is 11.9 Å². The molecule has 0 aromatic carbocycles. The van der Waals surface area contributed by atoms with Crippen LogP contribution < -0.4 is 5.56 Å². The molecule has 1 fully saturated rings. The number of rotatable bonds is 2. The highest BCUT2D eigenvalue weighted by Crippen LogP contribution is 2.25. The van der Waals surface area contributed by atoms with Crippen LogP contribution in [0, 0.1) is 0 Å². The van der Waals surface area contributed by atoms with Crippen LogP contribution in [0.4, 0.5) is 0 Å². The smallest absolute Gasteiger partial charge is 0.272 e. The molecule has 1 atom stereocenters. The van der Waals surface area contributed by atoms with Crippen LogP contribution in [0.3, 0.4) is 0 Å². The summed E-state index contributed by atoms with van der Waals surface area (Å²) in [6.07, 6.45) is 6.45. The predicted octanol–water partition coefficient (Wildman–Crippen LogP) is 1.82. The summed E-state index contributed by atoms with van der Waals surface area (Å²) in [4.78, 5) is 16.3. The molecule has 1 aliphatic rings. The fourth-order valence-corrected chi connectivity index (χ4v) is 3.00. The van der Waals surface area contributed by atoms with Gasteiger partial charge in [-0.15, -0.1) is 5.10 Å². The molecule has 0 radical (unpaired) electrons. The van der Waals surface area contributed by atoms with Crippen molar-refractivity contribution in [1.29, 1.82) is 0 Å². The molecular formula is C15H17N5O2. The molecule has 0 spiro atoms. The monoisotopic (exact) mass is 299 g/mol. The number of aromatic amines is 1. The minimum atomic E-state index is -0.103. The van der Waals surface area contributed by atoms with Gasteiger partial charge in [-0.1, -0.05) is 0 Å². The quantitative estimate of drug-likeness (QED) is 0.783. The van der Waals surface area contributed by atoms with Crippen molar-refractivity contribution in [2.75, 3.05) is 6.61 Å². The van der Waals surface area contributed by atoms with Crippen molar-refractivity contribution in [2.45, 2.75) is 25.5 Å². The van der Waals surface area contributed by atoms with Crippen molar-refractivity contribution in [3.8, 4) is 11.4 Å². The number of nitrogens with zero attached hydrogens (tertiary/aromatic N) is 4. The van der Waals surface area contributed by atoms with Crippen LogP contribution in [-0.4, -0.2) is 31.2 Å². The van der Waals surface area contributed by atoms with Crippen LogP contribution in [0.1, 0.15) is 25.5 Å². The average Bonchev–Trinajstić information content (AvgIpc) is 3.14. The zero-order chi connectivity index (χ0) is 15.1. The Kier molecular flexibility index (Phi) is 3.07. The van der Waals surface area contributed by atoms with Crippen molar-refractivity contribution in [3.63, 3.8) is 0 Å². The summed E-state index contributed by atoms with van der Waals surface area (Å²) in [7, 11) is 1.86. The van der Waals surface area contributed by atoms with Crippen molar-refractivity contribution in [1.82, 2.24) is 24.5 Å². The van der Waals surface area contributed by atoms with E-state index in [0.29, 0.717) is 5.52 Å². The molecule has 7 nitrogen and oxygen atoms in total. The number of aromatic nitrogens is 5. The van der Waals surface area contributed by atoms with Gasteiger partial charge in [-0.3, -0.25) is 4.79 Å². The molecule has 1 unspecified atom stereocenters. The number of hydrogen-bond donors (Lipinski definition) is 1. The maximum atomic E-state index is 12.0. The Labute approximate surface area is 126 Å². The third kappa shape index (κ3) is 2.05. The second-order valence-corrected chi connectivity index (χ2v) is 5.57. The lowest BCUT2D eigenvalue weighted by Crippen LogP contribution is -2.20. The number of aryl methyl sites for hydroxylation is 1. The maximum absolute atomic E-state index is 12.0. The molecule has 4 heterocycles. The molecule has 0 aliphatic carbocycles. The summed E-state index contributed by atoms with van der Waals surface area (Å²) < 4.78 is 7.55. The Morgan fingerprint density at radius 1 is 1.41 bits per heavy atom. The molecular weight excluding hydrogens is 282 g/mol. The summed E-state index contributed by atoms with van der Waals surface area (Å²) in [5, 5.41) is 9.76. The number of fused-ring (bicyclic) bond motifs is 1. The molecule has 7 heteroatoms. The van der Waals surface area contributed by atoms with E-state index < -0.39 is 0 Å². The molecule has 4 rings (SSSR count). The number of pyridine rings is 1. The highest BCUT2D eigenvalue weighted by Gasteiger charge is 2.19. The van der Waals surface area contributed by atoms with Crippen LogP contribution >= 0.6 is 0 Å². The van der Waals surface area contributed by atoms with Gasteiger partial charge in [-0.2, -0.15) is 9.90 Å². The van der Waals surface area contributed by atoms with E-state index in [2.05, 4.69) is 15.2 Å². The van der Waals surface area contributed by atoms with Crippen LogP contribution in [0.25, 0.3) is 22.3 Å². The van der Waals surface area contributed by atoms with Gasteiger partial charge in [0.25, 0.3) is 5.56 Å². The molecule has 0 bridgehead atoms. The first-order valence-electron chi connectivity index (χ1n) is 7.45. The van der Waals surface area contributed by atoms with Crippen molar-refractivity contribution in [2.24, 2.45) is 7.05 Å². The normalized spacial score (nSPS) is 18.9. The van der Waals surface area contributed by atoms with E-state index in [1.165, 1.54) is 0 Å². The standard InChI is InChI=1S/C15H17N5O2/c1-19-12(8-10-5-6-16-15(21)14(10)19)11-9-17-20(18-11)13-4-2-3-7-22-13/h5-6,8-9,13H,2-4,7H2,1H3,(H,16,21). The third-order valence-corrected chi connectivity index (χ3v) is 4.14. The molecule has 1 saturated heterocycles. The summed E-state index contributed by atoms with van der Waals surface area (Å²) in [6.45, 7) is 0.755. The van der Waals surface area contributed by atoms with Crippen molar-refractivity contribution in [3.05, 3.63) is 34.9 Å². The molecule has 3 aromatic heterocycles. The first-order chi connectivity index (χ1) is 10.7. The lowest BCUT2D eigenvalue weighted by molar-refractivity contribution is -0.0479. The van der Waals surface area contributed by atoms with Gasteiger partial charge in [0, 0.05) is 25.2 Å². The lowest BCUT2D eigenvalue weighted by atomic mass is 10.2. The van der Waals surface area contributed by atoms with Gasteiger partial charge in [0.1, 0.15) is 11.2 Å². The molecule has 114 valence electrons. The zero-order valence-corrected chi connectivity index (χ0v) is 12.3. The SMILES string of the molecule is Cn1c(-c2cnn(C3CCCCO3)n2)cc2cc[nH]c(=O)c21. The fraction of sp³-hybridized carbons (Fsp3) is 0.400. The van der Waals surface area contributed by atoms with Gasteiger partial charge < -0.3 is 14.3 Å². The number of ether oxygens (including phenoxy) is 1. The van der Waals surface area contributed by atoms with Crippen LogP contribution in [0.5, 0.6) is 0 Å². The van der Waals surface area contributed by atoms with Crippen LogP contribution in [0.2, 0.25) is 0 Å². The molecule has 0 amide bonds.